The van der Waals surface area contributed by atoms with Crippen molar-refractivity contribution >= 4 is 5.97 Å². The molecule has 0 radical (unpaired) electrons. The maximum absolute atomic E-state index is 11.5. The van der Waals surface area contributed by atoms with Crippen LogP contribution in [0.2, 0.25) is 0 Å². The van der Waals surface area contributed by atoms with Crippen LogP contribution in [0.1, 0.15) is 13.8 Å². The highest BCUT2D eigenvalue weighted by Crippen LogP contribution is 2.14. The van der Waals surface area contributed by atoms with E-state index < -0.39 is 0 Å². The van der Waals surface area contributed by atoms with Crippen LogP contribution in [-0.2, 0) is 14.3 Å². The van der Waals surface area contributed by atoms with E-state index in [0.29, 0.717) is 13.2 Å². The monoisotopic (exact) mass is 201 g/mol. The normalized spacial score (nSPS) is 20.9. The van der Waals surface area contributed by atoms with Gasteiger partial charge in [0.05, 0.1) is 20.3 Å². The van der Waals surface area contributed by atoms with Gasteiger partial charge in [0.1, 0.15) is 6.04 Å². The minimum Gasteiger partial charge on any atom is -0.468 e. The lowest BCUT2D eigenvalue weighted by Gasteiger charge is -2.34. The molecule has 1 aliphatic heterocycles. The van der Waals surface area contributed by atoms with E-state index >= 15 is 0 Å². The zero-order valence-electron chi connectivity index (χ0n) is 9.16. The van der Waals surface area contributed by atoms with Gasteiger partial charge in [0.2, 0.25) is 0 Å². The fraction of sp³-hybridized carbons (Fsp3) is 0.900. The fourth-order valence-electron chi connectivity index (χ4n) is 1.82. The summed E-state index contributed by atoms with van der Waals surface area (Å²) in [5.41, 5.74) is 0. The van der Waals surface area contributed by atoms with Crippen molar-refractivity contribution in [3.8, 4) is 0 Å². The Balaban J connectivity index is 2.60. The number of carbonyl (C=O) groups excluding carboxylic acids is 1. The zero-order valence-corrected chi connectivity index (χ0v) is 9.16. The highest BCUT2D eigenvalue weighted by atomic mass is 16.5. The molecule has 0 N–H and O–H groups in total. The molecule has 0 spiro atoms. The summed E-state index contributed by atoms with van der Waals surface area (Å²) in [6.07, 6.45) is 0. The Bertz CT molecular complexity index is 188. The molecule has 1 unspecified atom stereocenters. The standard InChI is InChI=1S/C10H19NO3/c1-8(2)9(10(12)13-3)11-4-6-14-7-5-11/h8-9H,4-7H2,1-3H3. The van der Waals surface area contributed by atoms with Gasteiger partial charge in [0, 0.05) is 13.1 Å². The molecule has 14 heavy (non-hydrogen) atoms. The van der Waals surface area contributed by atoms with Crippen LogP contribution in [0.4, 0.5) is 0 Å². The van der Waals surface area contributed by atoms with Gasteiger partial charge in [-0.1, -0.05) is 13.8 Å². The molecule has 1 heterocycles. The second kappa shape index (κ2) is 5.32. The number of hydrogen-bond acceptors (Lipinski definition) is 4. The van der Waals surface area contributed by atoms with Gasteiger partial charge in [0.15, 0.2) is 0 Å². The fourth-order valence-corrected chi connectivity index (χ4v) is 1.82. The van der Waals surface area contributed by atoms with E-state index in [1.807, 2.05) is 13.8 Å². The molecule has 0 saturated carbocycles. The third kappa shape index (κ3) is 2.69. The van der Waals surface area contributed by atoms with Crippen LogP contribution in [0.25, 0.3) is 0 Å². The van der Waals surface area contributed by atoms with E-state index in [-0.39, 0.29) is 17.9 Å². The second-order valence-electron chi connectivity index (χ2n) is 3.86. The number of nitrogens with zero attached hydrogens (tertiary/aromatic N) is 1. The van der Waals surface area contributed by atoms with Crippen molar-refractivity contribution in [3.05, 3.63) is 0 Å². The first kappa shape index (κ1) is 11.5. The molecular formula is C10H19NO3. The van der Waals surface area contributed by atoms with Crippen LogP contribution in [0, 0.1) is 5.92 Å². The minimum absolute atomic E-state index is 0.121. The van der Waals surface area contributed by atoms with Gasteiger partial charge in [-0.15, -0.1) is 0 Å². The lowest BCUT2D eigenvalue weighted by molar-refractivity contribution is -0.150. The molecule has 0 bridgehead atoms. The third-order valence-electron chi connectivity index (χ3n) is 2.51. The number of esters is 1. The average Bonchev–Trinajstić information content (AvgIpc) is 2.19. The zero-order chi connectivity index (χ0) is 10.6. The Morgan fingerprint density at radius 2 is 1.93 bits per heavy atom. The molecule has 0 aliphatic carbocycles. The largest absolute Gasteiger partial charge is 0.468 e. The van der Waals surface area contributed by atoms with Gasteiger partial charge < -0.3 is 9.47 Å². The number of rotatable bonds is 3. The van der Waals surface area contributed by atoms with Crippen molar-refractivity contribution in [3.63, 3.8) is 0 Å². The molecule has 4 heteroatoms. The molecule has 0 aromatic rings. The predicted octanol–water partition coefficient (Wildman–Crippen LogP) is 0.516. The average molecular weight is 201 g/mol. The molecule has 1 fully saturated rings. The van der Waals surface area contributed by atoms with Crippen molar-refractivity contribution in [2.45, 2.75) is 19.9 Å². The summed E-state index contributed by atoms with van der Waals surface area (Å²) in [5, 5.41) is 0. The lowest BCUT2D eigenvalue weighted by atomic mass is 10.0. The van der Waals surface area contributed by atoms with Crippen LogP contribution in [0.5, 0.6) is 0 Å². The van der Waals surface area contributed by atoms with Gasteiger partial charge >= 0.3 is 5.97 Å². The van der Waals surface area contributed by atoms with Gasteiger partial charge in [-0.25, -0.2) is 0 Å². The van der Waals surface area contributed by atoms with Crippen molar-refractivity contribution in [2.24, 2.45) is 5.92 Å². The van der Waals surface area contributed by atoms with Gasteiger partial charge in [-0.05, 0) is 5.92 Å². The Kier molecular flexibility index (Phi) is 4.35. The Labute approximate surface area is 85.2 Å². The topological polar surface area (TPSA) is 38.8 Å². The van der Waals surface area contributed by atoms with Crippen LogP contribution in [0.3, 0.4) is 0 Å². The number of carbonyl (C=O) groups is 1. The van der Waals surface area contributed by atoms with Crippen LogP contribution in [0.15, 0.2) is 0 Å². The van der Waals surface area contributed by atoms with E-state index in [1.54, 1.807) is 0 Å². The number of ether oxygens (including phenoxy) is 2. The summed E-state index contributed by atoms with van der Waals surface area (Å²) < 4.78 is 10.1. The first-order chi connectivity index (χ1) is 6.66. The third-order valence-corrected chi connectivity index (χ3v) is 2.51. The van der Waals surface area contributed by atoms with Gasteiger partial charge in [-0.3, -0.25) is 9.69 Å². The minimum atomic E-state index is -0.137. The predicted molar refractivity (Wildman–Crippen MR) is 53.0 cm³/mol. The highest BCUT2D eigenvalue weighted by molar-refractivity contribution is 5.75. The Hall–Kier alpha value is -0.610. The molecule has 1 rings (SSSR count). The summed E-state index contributed by atoms with van der Waals surface area (Å²) >= 11 is 0. The maximum atomic E-state index is 11.5. The summed E-state index contributed by atoms with van der Waals surface area (Å²) in [6.45, 7) is 7.13. The summed E-state index contributed by atoms with van der Waals surface area (Å²) in [5.74, 6) is 0.141. The molecule has 0 amide bonds. The van der Waals surface area contributed by atoms with Crippen LogP contribution >= 0.6 is 0 Å². The smallest absolute Gasteiger partial charge is 0.323 e. The van der Waals surface area contributed by atoms with E-state index in [4.69, 9.17) is 9.47 Å². The SMILES string of the molecule is COC(=O)C(C(C)C)N1CCOCC1. The highest BCUT2D eigenvalue weighted by Gasteiger charge is 2.30. The molecule has 1 saturated heterocycles. The summed E-state index contributed by atoms with van der Waals surface area (Å²) in [7, 11) is 1.44. The number of hydrogen-bond donors (Lipinski definition) is 0. The van der Waals surface area contributed by atoms with Crippen molar-refractivity contribution < 1.29 is 14.3 Å². The van der Waals surface area contributed by atoms with Gasteiger partial charge in [0.25, 0.3) is 0 Å². The van der Waals surface area contributed by atoms with E-state index in [9.17, 15) is 4.79 Å². The lowest BCUT2D eigenvalue weighted by Crippen LogP contribution is -2.50. The molecule has 1 aliphatic rings. The van der Waals surface area contributed by atoms with E-state index in [2.05, 4.69) is 4.90 Å². The number of morpholine rings is 1. The van der Waals surface area contributed by atoms with Crippen LogP contribution < -0.4 is 0 Å². The Morgan fingerprint density at radius 3 is 2.36 bits per heavy atom. The van der Waals surface area contributed by atoms with Crippen LogP contribution in [-0.4, -0.2) is 50.3 Å². The van der Waals surface area contributed by atoms with E-state index in [0.717, 1.165) is 13.1 Å². The second-order valence-corrected chi connectivity index (χ2v) is 3.86. The summed E-state index contributed by atoms with van der Waals surface area (Å²) in [6, 6.07) is -0.121. The molecule has 4 nitrogen and oxygen atoms in total. The molecule has 0 aromatic heterocycles. The molecular weight excluding hydrogens is 182 g/mol. The quantitative estimate of drug-likeness (QED) is 0.624. The van der Waals surface area contributed by atoms with Crippen molar-refractivity contribution in [2.75, 3.05) is 33.4 Å². The first-order valence-electron chi connectivity index (χ1n) is 5.06. The molecule has 0 aromatic carbocycles. The van der Waals surface area contributed by atoms with Crippen molar-refractivity contribution in [1.82, 2.24) is 4.90 Å². The Morgan fingerprint density at radius 1 is 1.36 bits per heavy atom. The first-order valence-corrected chi connectivity index (χ1v) is 5.06. The summed E-state index contributed by atoms with van der Waals surface area (Å²) in [4.78, 5) is 13.7. The number of methoxy groups -OCH3 is 1. The van der Waals surface area contributed by atoms with Gasteiger partial charge in [-0.2, -0.15) is 0 Å². The molecule has 1 atom stereocenters. The van der Waals surface area contributed by atoms with Crippen molar-refractivity contribution in [1.29, 1.82) is 0 Å². The molecule has 82 valence electrons. The van der Waals surface area contributed by atoms with E-state index in [1.165, 1.54) is 7.11 Å². The maximum Gasteiger partial charge on any atom is 0.323 e.